The molecule has 0 bridgehead atoms. The van der Waals surface area contributed by atoms with Gasteiger partial charge in [-0.25, -0.2) is 9.78 Å². The predicted octanol–water partition coefficient (Wildman–Crippen LogP) is 6.79. The maximum absolute atomic E-state index is 13.8. The molecular weight excluding hydrogens is 532 g/mol. The largest absolute Gasteiger partial charge is 0.377 e. The Morgan fingerprint density at radius 3 is 2.53 bits per heavy atom. The van der Waals surface area contributed by atoms with E-state index >= 15 is 0 Å². The van der Waals surface area contributed by atoms with Gasteiger partial charge in [0.2, 0.25) is 0 Å². The molecular formula is C25H27BrN4O2S2. The lowest BCUT2D eigenvalue weighted by molar-refractivity contribution is 0.0924. The predicted molar refractivity (Wildman–Crippen MR) is 145 cm³/mol. The molecule has 3 aromatic rings. The number of nitrogens with two attached hydrogens (primary N) is 1. The number of amides is 2. The standard InChI is InChI=1S/C25H27BrN4O2S2/c1-30(2)19-13-12-17(29-25(27)32)20(22(31)15-8-6-7-9-15)21(19)24-28-18(23(26)34-24)14-33-16-10-4-3-5-11-16/h3-5,10-13,15H,6-9,14H2,1-2H3,(H3,27,29,32). The van der Waals surface area contributed by atoms with Gasteiger partial charge < -0.3 is 16.0 Å². The minimum absolute atomic E-state index is 0.0477. The number of anilines is 2. The number of thioether (sulfide) groups is 1. The Labute approximate surface area is 216 Å². The third-order valence-corrected chi connectivity index (χ3v) is 8.75. The molecule has 0 radical (unpaired) electrons. The topological polar surface area (TPSA) is 88.3 Å². The van der Waals surface area contributed by atoms with Gasteiger partial charge in [0.25, 0.3) is 0 Å². The second-order valence-corrected chi connectivity index (χ2v) is 11.8. The van der Waals surface area contributed by atoms with E-state index in [-0.39, 0.29) is 11.7 Å². The van der Waals surface area contributed by atoms with Crippen LogP contribution in [0.15, 0.2) is 51.1 Å². The van der Waals surface area contributed by atoms with Crippen LogP contribution in [0.1, 0.15) is 41.7 Å². The Kier molecular flexibility index (Phi) is 7.95. The Morgan fingerprint density at radius 1 is 1.18 bits per heavy atom. The van der Waals surface area contributed by atoms with Crippen LogP contribution in [0.25, 0.3) is 10.6 Å². The minimum atomic E-state index is -0.690. The molecule has 34 heavy (non-hydrogen) atoms. The first-order chi connectivity index (χ1) is 16.3. The van der Waals surface area contributed by atoms with E-state index in [4.69, 9.17) is 10.7 Å². The van der Waals surface area contributed by atoms with Crippen LogP contribution in [0.2, 0.25) is 0 Å². The highest BCUT2D eigenvalue weighted by Gasteiger charge is 2.31. The number of carbonyl (C=O) groups is 2. The molecule has 0 spiro atoms. The second-order valence-electron chi connectivity index (χ2n) is 8.45. The number of Topliss-reactive ketones (excluding diaryl/α,β-unsaturated/α-hetero) is 1. The van der Waals surface area contributed by atoms with Crippen molar-refractivity contribution in [1.29, 1.82) is 0 Å². The molecule has 0 atom stereocenters. The van der Waals surface area contributed by atoms with E-state index in [2.05, 4.69) is 33.4 Å². The maximum Gasteiger partial charge on any atom is 0.316 e. The normalized spacial score (nSPS) is 13.7. The molecule has 1 saturated carbocycles. The van der Waals surface area contributed by atoms with Crippen molar-refractivity contribution in [2.75, 3.05) is 24.3 Å². The monoisotopic (exact) mass is 558 g/mol. The number of primary amides is 1. The number of halogens is 1. The van der Waals surface area contributed by atoms with Crippen molar-refractivity contribution in [2.45, 2.75) is 36.3 Å². The Balaban J connectivity index is 1.80. The smallest absolute Gasteiger partial charge is 0.316 e. The zero-order valence-corrected chi connectivity index (χ0v) is 22.4. The zero-order valence-electron chi connectivity index (χ0n) is 19.1. The lowest BCUT2D eigenvalue weighted by Gasteiger charge is -2.23. The number of ketones is 1. The van der Waals surface area contributed by atoms with Gasteiger partial charge in [0.15, 0.2) is 5.78 Å². The number of carbonyl (C=O) groups excluding carboxylic acids is 2. The second kappa shape index (κ2) is 10.9. The van der Waals surface area contributed by atoms with Crippen LogP contribution < -0.4 is 16.0 Å². The summed E-state index contributed by atoms with van der Waals surface area (Å²) in [6, 6.07) is 13.2. The van der Waals surface area contributed by atoms with E-state index in [0.29, 0.717) is 17.0 Å². The number of aromatic nitrogens is 1. The number of hydrogen-bond donors (Lipinski definition) is 2. The first-order valence-electron chi connectivity index (χ1n) is 11.1. The summed E-state index contributed by atoms with van der Waals surface area (Å²) in [6.07, 6.45) is 3.81. The number of nitrogens with zero attached hydrogens (tertiary/aromatic N) is 2. The fourth-order valence-corrected chi connectivity index (χ4v) is 6.96. The van der Waals surface area contributed by atoms with Crippen LogP contribution >= 0.6 is 39.0 Å². The van der Waals surface area contributed by atoms with Crippen molar-refractivity contribution in [3.8, 4) is 10.6 Å². The molecule has 1 aliphatic rings. The zero-order chi connectivity index (χ0) is 24.2. The quantitative estimate of drug-likeness (QED) is 0.234. The molecule has 6 nitrogen and oxygen atoms in total. The summed E-state index contributed by atoms with van der Waals surface area (Å²) in [5.41, 5.74) is 8.95. The van der Waals surface area contributed by atoms with Crippen molar-refractivity contribution in [1.82, 2.24) is 4.98 Å². The summed E-state index contributed by atoms with van der Waals surface area (Å²) in [6.45, 7) is 0. The van der Waals surface area contributed by atoms with Gasteiger partial charge >= 0.3 is 6.03 Å². The third-order valence-electron chi connectivity index (χ3n) is 5.88. The van der Waals surface area contributed by atoms with E-state index in [0.717, 1.165) is 51.4 Å². The van der Waals surface area contributed by atoms with E-state index < -0.39 is 6.03 Å². The summed E-state index contributed by atoms with van der Waals surface area (Å²) >= 11 is 6.91. The van der Waals surface area contributed by atoms with Crippen LogP contribution in [-0.2, 0) is 5.75 Å². The SMILES string of the molecule is CN(C)c1ccc(NC(N)=O)c(C(=O)C2CCCC2)c1-c1nc(CSc2ccccc2)c(Br)s1. The number of nitrogens with one attached hydrogen (secondary N) is 1. The highest BCUT2D eigenvalue weighted by atomic mass is 79.9. The van der Waals surface area contributed by atoms with Crippen LogP contribution in [0, 0.1) is 5.92 Å². The van der Waals surface area contributed by atoms with E-state index in [1.54, 1.807) is 17.8 Å². The lowest BCUT2D eigenvalue weighted by Crippen LogP contribution is -2.24. The highest BCUT2D eigenvalue weighted by molar-refractivity contribution is 9.11. The van der Waals surface area contributed by atoms with E-state index in [9.17, 15) is 9.59 Å². The minimum Gasteiger partial charge on any atom is -0.377 e. The molecule has 1 fully saturated rings. The maximum atomic E-state index is 13.8. The molecule has 2 aromatic carbocycles. The van der Waals surface area contributed by atoms with Gasteiger partial charge in [0.1, 0.15) is 5.01 Å². The Hall–Kier alpha value is -2.36. The average Bonchev–Trinajstić information content (AvgIpc) is 3.47. The molecule has 0 saturated heterocycles. The number of hydrogen-bond acceptors (Lipinski definition) is 6. The Bertz CT molecular complexity index is 1190. The van der Waals surface area contributed by atoms with Crippen molar-refractivity contribution in [2.24, 2.45) is 11.7 Å². The van der Waals surface area contributed by atoms with Crippen molar-refractivity contribution < 1.29 is 9.59 Å². The fraction of sp³-hybridized carbons (Fsp3) is 0.320. The van der Waals surface area contributed by atoms with Crippen LogP contribution in [0.5, 0.6) is 0 Å². The lowest BCUT2D eigenvalue weighted by atomic mass is 9.90. The summed E-state index contributed by atoms with van der Waals surface area (Å²) in [5.74, 6) is 0.691. The highest BCUT2D eigenvalue weighted by Crippen LogP contribution is 2.44. The van der Waals surface area contributed by atoms with Gasteiger partial charge in [-0.05, 0) is 53.0 Å². The van der Waals surface area contributed by atoms with E-state index in [1.165, 1.54) is 16.2 Å². The first kappa shape index (κ1) is 24.8. The molecule has 4 rings (SSSR count). The van der Waals surface area contributed by atoms with Crippen molar-refractivity contribution in [3.05, 3.63) is 57.5 Å². The molecule has 1 heterocycles. The van der Waals surface area contributed by atoms with E-state index in [1.807, 2.05) is 43.3 Å². The van der Waals surface area contributed by atoms with Crippen molar-refractivity contribution >= 4 is 62.2 Å². The fourth-order valence-electron chi connectivity index (χ4n) is 4.26. The first-order valence-corrected chi connectivity index (χ1v) is 13.7. The third kappa shape index (κ3) is 5.47. The average molecular weight is 560 g/mol. The number of urea groups is 1. The Morgan fingerprint density at radius 2 is 1.88 bits per heavy atom. The molecule has 0 unspecified atom stereocenters. The molecule has 1 aromatic heterocycles. The number of benzene rings is 2. The summed E-state index contributed by atoms with van der Waals surface area (Å²) in [4.78, 5) is 33.6. The summed E-state index contributed by atoms with van der Waals surface area (Å²) < 4.78 is 0.933. The van der Waals surface area contributed by atoms with Crippen molar-refractivity contribution in [3.63, 3.8) is 0 Å². The molecule has 1 aliphatic carbocycles. The van der Waals surface area contributed by atoms with Gasteiger partial charge in [-0.1, -0.05) is 31.0 Å². The summed E-state index contributed by atoms with van der Waals surface area (Å²) in [7, 11) is 3.89. The van der Waals surface area contributed by atoms with Crippen LogP contribution in [0.4, 0.5) is 16.2 Å². The van der Waals surface area contributed by atoms with Gasteiger partial charge in [0, 0.05) is 41.9 Å². The molecule has 0 aliphatic heterocycles. The summed E-state index contributed by atoms with van der Waals surface area (Å²) in [5, 5.41) is 3.43. The van der Waals surface area contributed by atoms with Gasteiger partial charge in [0.05, 0.1) is 20.7 Å². The van der Waals surface area contributed by atoms with Gasteiger partial charge in [-0.15, -0.1) is 23.1 Å². The molecule has 2 amide bonds. The molecule has 3 N–H and O–H groups in total. The number of thiazole rings is 1. The van der Waals surface area contributed by atoms with Crippen LogP contribution in [-0.4, -0.2) is 30.9 Å². The van der Waals surface area contributed by atoms with Crippen LogP contribution in [0.3, 0.4) is 0 Å². The number of rotatable bonds is 8. The molecule has 9 heteroatoms. The van der Waals surface area contributed by atoms with Gasteiger partial charge in [-0.2, -0.15) is 0 Å². The molecule has 178 valence electrons. The van der Waals surface area contributed by atoms with Gasteiger partial charge in [-0.3, -0.25) is 4.79 Å².